The summed E-state index contributed by atoms with van der Waals surface area (Å²) in [4.78, 5) is 11.7. The minimum absolute atomic E-state index is 0.0751. The van der Waals surface area contributed by atoms with Gasteiger partial charge in [0.15, 0.2) is 0 Å². The second-order valence-corrected chi connectivity index (χ2v) is 9.74. The number of amides is 1. The predicted octanol–water partition coefficient (Wildman–Crippen LogP) is 3.87. The van der Waals surface area contributed by atoms with E-state index in [9.17, 15) is 30.8 Å². The lowest BCUT2D eigenvalue weighted by molar-refractivity contribution is 0.102. The predicted molar refractivity (Wildman–Crippen MR) is 106 cm³/mol. The molecule has 1 aliphatic rings. The molecule has 7 nitrogen and oxygen atoms in total. The highest BCUT2D eigenvalue weighted by molar-refractivity contribution is 7.89. The van der Waals surface area contributed by atoms with Crippen molar-refractivity contribution in [3.05, 3.63) is 69.7 Å². The molecule has 0 spiro atoms. The summed E-state index contributed by atoms with van der Waals surface area (Å²) in [6, 6.07) is 4.02. The zero-order valence-corrected chi connectivity index (χ0v) is 17.7. The van der Waals surface area contributed by atoms with E-state index >= 15 is 0 Å². The van der Waals surface area contributed by atoms with Gasteiger partial charge in [-0.1, -0.05) is 11.3 Å². The molecule has 0 aliphatic carbocycles. The van der Waals surface area contributed by atoms with E-state index in [-0.39, 0.29) is 22.2 Å². The largest absolute Gasteiger partial charge is 0.317 e. The van der Waals surface area contributed by atoms with Gasteiger partial charge in [-0.05, 0) is 37.1 Å². The Balaban J connectivity index is 1.57. The van der Waals surface area contributed by atoms with Crippen LogP contribution in [0.1, 0.15) is 33.7 Å². The topological polar surface area (TPSA) is 92.3 Å². The molecule has 1 atom stereocenters. The number of nitrogens with one attached hydrogen (secondary N) is 1. The maximum atomic E-state index is 14.1. The first-order valence-corrected chi connectivity index (χ1v) is 11.5. The summed E-state index contributed by atoms with van der Waals surface area (Å²) in [5.74, 6) is -4.71. The molecule has 168 valence electrons. The number of sulfonamides is 1. The van der Waals surface area contributed by atoms with Crippen molar-refractivity contribution in [2.75, 3.05) is 11.9 Å². The number of rotatable bonds is 5. The van der Waals surface area contributed by atoms with E-state index in [1.54, 1.807) is 0 Å². The van der Waals surface area contributed by atoms with Gasteiger partial charge in [-0.3, -0.25) is 4.79 Å². The lowest BCUT2D eigenvalue weighted by atomic mass is 10.2. The highest BCUT2D eigenvalue weighted by atomic mass is 32.2. The van der Waals surface area contributed by atoms with Crippen molar-refractivity contribution in [2.45, 2.75) is 23.8 Å². The first-order valence-electron chi connectivity index (χ1n) is 9.23. The normalized spacial score (nSPS) is 16.9. The number of benzene rings is 2. The van der Waals surface area contributed by atoms with Gasteiger partial charge in [0.1, 0.15) is 33.2 Å². The molecule has 1 amide bonds. The number of nitrogens with zero attached hydrogens (tertiary/aromatic N) is 3. The van der Waals surface area contributed by atoms with Crippen LogP contribution >= 0.6 is 11.3 Å². The number of aromatic nitrogens is 2. The van der Waals surface area contributed by atoms with Gasteiger partial charge in [-0.2, -0.15) is 4.31 Å². The van der Waals surface area contributed by atoms with Crippen LogP contribution in [-0.4, -0.2) is 35.4 Å². The molecule has 3 aromatic rings. The first kappa shape index (κ1) is 22.3. The Kier molecular flexibility index (Phi) is 5.97. The Morgan fingerprint density at radius 3 is 2.41 bits per heavy atom. The minimum Gasteiger partial charge on any atom is -0.317 e. The Hall–Kier alpha value is -2.90. The molecular weight excluding hydrogens is 472 g/mol. The minimum atomic E-state index is -4.31. The van der Waals surface area contributed by atoms with E-state index in [0.717, 1.165) is 39.9 Å². The van der Waals surface area contributed by atoms with Crippen LogP contribution in [0.5, 0.6) is 0 Å². The molecular formula is C19H14F4N4O3S2. The molecule has 1 aromatic heterocycles. The average molecular weight is 486 g/mol. The second-order valence-electron chi connectivity index (χ2n) is 6.87. The van der Waals surface area contributed by atoms with Crippen molar-refractivity contribution in [3.8, 4) is 0 Å². The van der Waals surface area contributed by atoms with E-state index in [1.165, 1.54) is 0 Å². The van der Waals surface area contributed by atoms with Gasteiger partial charge in [0.25, 0.3) is 5.91 Å². The smallest absolute Gasteiger partial charge is 0.286 e. The molecule has 0 unspecified atom stereocenters. The number of hydrogen-bond donors (Lipinski definition) is 1. The van der Waals surface area contributed by atoms with Crippen LogP contribution in [0, 0.1) is 23.3 Å². The third-order valence-corrected chi connectivity index (χ3v) is 7.75. The van der Waals surface area contributed by atoms with Gasteiger partial charge in [0.2, 0.25) is 15.0 Å². The fraction of sp³-hybridized carbons (Fsp3) is 0.211. The third kappa shape index (κ3) is 4.23. The van der Waals surface area contributed by atoms with Gasteiger partial charge in [0.05, 0.1) is 11.7 Å². The van der Waals surface area contributed by atoms with E-state index < -0.39 is 50.1 Å². The molecule has 1 fully saturated rings. The van der Waals surface area contributed by atoms with E-state index in [0.29, 0.717) is 25.0 Å². The molecule has 1 aliphatic heterocycles. The zero-order valence-electron chi connectivity index (χ0n) is 16.1. The Morgan fingerprint density at radius 2 is 1.72 bits per heavy atom. The van der Waals surface area contributed by atoms with Crippen LogP contribution in [-0.2, 0) is 10.0 Å². The molecule has 2 heterocycles. The number of carbonyl (C=O) groups excluding carboxylic acids is 1. The Morgan fingerprint density at radius 1 is 1.03 bits per heavy atom. The SMILES string of the molecule is O=C(Nc1ccc(F)cc1F)c1nnc([C@H]2CCCN2S(=O)(=O)c2ccc(F)cc2F)s1. The van der Waals surface area contributed by atoms with Gasteiger partial charge in [-0.25, -0.2) is 26.0 Å². The van der Waals surface area contributed by atoms with Crippen molar-refractivity contribution < 1.29 is 30.8 Å². The quantitative estimate of drug-likeness (QED) is 0.553. The first-order chi connectivity index (χ1) is 15.2. The molecule has 0 bridgehead atoms. The van der Waals surface area contributed by atoms with E-state index in [2.05, 4.69) is 15.5 Å². The van der Waals surface area contributed by atoms with Crippen molar-refractivity contribution in [1.29, 1.82) is 0 Å². The fourth-order valence-corrected chi connectivity index (χ4v) is 5.97. The maximum absolute atomic E-state index is 14.1. The molecule has 32 heavy (non-hydrogen) atoms. The zero-order chi connectivity index (χ0) is 23.0. The number of halogens is 4. The Bertz CT molecular complexity index is 1300. The van der Waals surface area contributed by atoms with Gasteiger partial charge >= 0.3 is 0 Å². The molecule has 13 heteroatoms. The molecule has 0 saturated carbocycles. The van der Waals surface area contributed by atoms with E-state index in [4.69, 9.17) is 0 Å². The lowest BCUT2D eigenvalue weighted by Crippen LogP contribution is -2.31. The van der Waals surface area contributed by atoms with Crippen molar-refractivity contribution >= 4 is 33.0 Å². The highest BCUT2D eigenvalue weighted by Gasteiger charge is 2.39. The summed E-state index contributed by atoms with van der Waals surface area (Å²) >= 11 is 0.798. The van der Waals surface area contributed by atoms with Crippen LogP contribution in [0.3, 0.4) is 0 Å². The molecule has 1 saturated heterocycles. The standard InChI is InChI=1S/C19H14F4N4O3S2/c20-10-3-5-14(12(22)8-10)24-17(28)19-26-25-18(31-19)15-2-1-7-27(15)32(29,30)16-6-4-11(21)9-13(16)23/h3-6,8-9,15H,1-2,7H2,(H,24,28)/t15-/m1/s1. The molecule has 4 rings (SSSR count). The average Bonchev–Trinajstić information content (AvgIpc) is 3.39. The number of hydrogen-bond acceptors (Lipinski definition) is 6. The van der Waals surface area contributed by atoms with Crippen LogP contribution in [0.15, 0.2) is 41.3 Å². The summed E-state index contributed by atoms with van der Waals surface area (Å²) in [6.45, 7) is 0.0751. The van der Waals surface area contributed by atoms with E-state index in [1.807, 2.05) is 0 Å². The van der Waals surface area contributed by atoms with Crippen molar-refractivity contribution in [2.24, 2.45) is 0 Å². The Labute approximate surface area is 183 Å². The number of carbonyl (C=O) groups is 1. The summed E-state index contributed by atoms with van der Waals surface area (Å²) in [5, 5.41) is 9.90. The van der Waals surface area contributed by atoms with Crippen molar-refractivity contribution in [1.82, 2.24) is 14.5 Å². The van der Waals surface area contributed by atoms with Gasteiger partial charge < -0.3 is 5.32 Å². The van der Waals surface area contributed by atoms with Crippen LogP contribution in [0.25, 0.3) is 0 Å². The third-order valence-electron chi connectivity index (χ3n) is 4.78. The maximum Gasteiger partial charge on any atom is 0.286 e. The summed E-state index contributed by atoms with van der Waals surface area (Å²) in [7, 11) is -4.31. The van der Waals surface area contributed by atoms with Gasteiger partial charge in [-0.15, -0.1) is 10.2 Å². The summed E-state index contributed by atoms with van der Waals surface area (Å²) in [6.07, 6.45) is 0.805. The summed E-state index contributed by atoms with van der Waals surface area (Å²) in [5.41, 5.74) is -0.259. The lowest BCUT2D eigenvalue weighted by Gasteiger charge is -2.22. The highest BCUT2D eigenvalue weighted by Crippen LogP contribution is 2.38. The van der Waals surface area contributed by atoms with Crippen LogP contribution < -0.4 is 5.32 Å². The fourth-order valence-electron chi connectivity index (χ4n) is 3.31. The second kappa shape index (κ2) is 8.56. The number of anilines is 1. The molecule has 2 aromatic carbocycles. The van der Waals surface area contributed by atoms with Gasteiger partial charge in [0, 0.05) is 18.7 Å². The monoisotopic (exact) mass is 486 g/mol. The summed E-state index contributed by atoms with van der Waals surface area (Å²) < 4.78 is 81.1. The molecule has 0 radical (unpaired) electrons. The van der Waals surface area contributed by atoms with Crippen molar-refractivity contribution in [3.63, 3.8) is 0 Å². The van der Waals surface area contributed by atoms with Crippen LogP contribution in [0.2, 0.25) is 0 Å². The molecule has 1 N–H and O–H groups in total. The van der Waals surface area contributed by atoms with Crippen LogP contribution in [0.4, 0.5) is 23.2 Å².